The summed E-state index contributed by atoms with van der Waals surface area (Å²) in [7, 11) is 3.74. The molecule has 2 aliphatic rings. The smallest absolute Gasteiger partial charge is 0.256 e. The van der Waals surface area contributed by atoms with Crippen molar-refractivity contribution in [1.29, 1.82) is 0 Å². The number of fused-ring (bicyclic) bond motifs is 1. The van der Waals surface area contributed by atoms with E-state index in [1.165, 1.54) is 19.2 Å². The zero-order valence-electron chi connectivity index (χ0n) is 28.0. The molecule has 7 rings (SSSR count). The van der Waals surface area contributed by atoms with Gasteiger partial charge in [0, 0.05) is 61.8 Å². The number of aromatic nitrogens is 5. The Hall–Kier alpha value is -5.82. The van der Waals surface area contributed by atoms with E-state index >= 15 is 0 Å². The van der Waals surface area contributed by atoms with Crippen molar-refractivity contribution in [3.05, 3.63) is 103 Å². The molecule has 3 aromatic heterocycles. The van der Waals surface area contributed by atoms with E-state index < -0.39 is 0 Å². The number of anilines is 2. The summed E-state index contributed by atoms with van der Waals surface area (Å²) < 4.78 is 13.6. The number of likely N-dealkylation sites (tertiary alicyclic amines) is 1. The van der Waals surface area contributed by atoms with E-state index in [0.29, 0.717) is 60.0 Å². The topological polar surface area (TPSA) is 140 Å². The van der Waals surface area contributed by atoms with Crippen molar-refractivity contribution in [2.45, 2.75) is 37.9 Å². The first-order valence-electron chi connectivity index (χ1n) is 16.7. The third-order valence-electron chi connectivity index (χ3n) is 8.92. The molecule has 1 saturated heterocycles. The van der Waals surface area contributed by atoms with Crippen LogP contribution < -0.4 is 20.1 Å². The highest BCUT2D eigenvalue weighted by Crippen LogP contribution is 2.35. The standard InChI is InChI=1S/C37H39N9O4/c1-44(28-9-10-28)20-3-4-33(47)45-21-17-27(23-45)41-35-34-31(15-19-39-36(34)46(43-35)22-25-5-11-29(49-2)12-6-25)50-30-13-7-26(8-14-30)37(48)42-32-16-18-38-24-40-32/h3-8,11-16,18-19,24,27-28H,9-10,17,20-23H2,1-2H3,(H,41,43)(H,38,40,42,48)/t27-/m1/s1. The number of rotatable bonds is 13. The zero-order chi connectivity index (χ0) is 34.5. The average molecular weight is 674 g/mol. The molecule has 2 aromatic carbocycles. The number of carbonyl (C=O) groups excluding carboxylic acids is 2. The first-order chi connectivity index (χ1) is 24.4. The van der Waals surface area contributed by atoms with Crippen molar-refractivity contribution >= 4 is 34.5 Å². The first-order valence-corrected chi connectivity index (χ1v) is 16.7. The van der Waals surface area contributed by atoms with Crippen LogP contribution in [0.5, 0.6) is 17.2 Å². The fourth-order valence-electron chi connectivity index (χ4n) is 5.99. The molecule has 1 aliphatic heterocycles. The molecule has 13 heteroatoms. The highest BCUT2D eigenvalue weighted by molar-refractivity contribution is 6.03. The molecule has 0 bridgehead atoms. The number of nitrogens with zero attached hydrogens (tertiary/aromatic N) is 7. The Labute approximate surface area is 289 Å². The van der Waals surface area contributed by atoms with Crippen LogP contribution in [0.2, 0.25) is 0 Å². The van der Waals surface area contributed by atoms with Gasteiger partial charge in [0.1, 0.15) is 34.8 Å². The van der Waals surface area contributed by atoms with Gasteiger partial charge < -0.3 is 25.0 Å². The van der Waals surface area contributed by atoms with Crippen molar-refractivity contribution in [1.82, 2.24) is 34.5 Å². The van der Waals surface area contributed by atoms with Crippen LogP contribution in [0.4, 0.5) is 11.6 Å². The van der Waals surface area contributed by atoms with Crippen LogP contribution in [0, 0.1) is 0 Å². The Morgan fingerprint density at radius 2 is 1.78 bits per heavy atom. The van der Waals surface area contributed by atoms with E-state index in [9.17, 15) is 9.59 Å². The van der Waals surface area contributed by atoms with E-state index in [2.05, 4.69) is 32.5 Å². The van der Waals surface area contributed by atoms with E-state index in [-0.39, 0.29) is 17.9 Å². The molecule has 1 atom stereocenters. The normalized spacial score (nSPS) is 15.9. The lowest BCUT2D eigenvalue weighted by Gasteiger charge is -2.16. The molecule has 1 aliphatic carbocycles. The molecular formula is C37H39N9O4. The number of benzene rings is 2. The third kappa shape index (κ3) is 7.73. The van der Waals surface area contributed by atoms with Crippen LogP contribution in [0.25, 0.3) is 11.0 Å². The lowest BCUT2D eigenvalue weighted by molar-refractivity contribution is -0.125. The second-order valence-corrected chi connectivity index (χ2v) is 12.5. The molecule has 0 unspecified atom stereocenters. The van der Waals surface area contributed by atoms with Crippen LogP contribution in [0.3, 0.4) is 0 Å². The van der Waals surface area contributed by atoms with Crippen LogP contribution in [0.1, 0.15) is 35.2 Å². The summed E-state index contributed by atoms with van der Waals surface area (Å²) >= 11 is 0. The highest BCUT2D eigenvalue weighted by atomic mass is 16.5. The minimum atomic E-state index is -0.294. The lowest BCUT2D eigenvalue weighted by atomic mass is 10.2. The number of hydrogen-bond acceptors (Lipinski definition) is 10. The van der Waals surface area contributed by atoms with Crippen LogP contribution >= 0.6 is 0 Å². The largest absolute Gasteiger partial charge is 0.497 e. The molecule has 50 heavy (non-hydrogen) atoms. The molecule has 2 fully saturated rings. The van der Waals surface area contributed by atoms with Crippen LogP contribution in [0.15, 0.2) is 91.5 Å². The van der Waals surface area contributed by atoms with Gasteiger partial charge in [-0.2, -0.15) is 5.10 Å². The minimum Gasteiger partial charge on any atom is -0.497 e. The molecule has 0 spiro atoms. The SMILES string of the molecule is COc1ccc(Cn2nc(N[C@@H]3CCN(C(=O)C=CCN(C)C4CC4)C3)c3c(Oc4ccc(C(=O)Nc5ccncn5)cc4)ccnc32)cc1. The number of hydrogen-bond donors (Lipinski definition) is 2. The van der Waals surface area contributed by atoms with Crippen molar-refractivity contribution in [3.63, 3.8) is 0 Å². The predicted octanol–water partition coefficient (Wildman–Crippen LogP) is 4.99. The quantitative estimate of drug-likeness (QED) is 0.165. The summed E-state index contributed by atoms with van der Waals surface area (Å²) in [5.74, 6) is 2.65. The van der Waals surface area contributed by atoms with Crippen LogP contribution in [-0.2, 0) is 11.3 Å². The number of pyridine rings is 1. The minimum absolute atomic E-state index is 0.00485. The fraction of sp³-hybridized carbons (Fsp3) is 0.297. The van der Waals surface area contributed by atoms with Crippen molar-refractivity contribution in [2.24, 2.45) is 0 Å². The van der Waals surface area contributed by atoms with E-state index in [4.69, 9.17) is 19.6 Å². The fourth-order valence-corrected chi connectivity index (χ4v) is 5.99. The molecule has 256 valence electrons. The first kappa shape index (κ1) is 32.7. The third-order valence-corrected chi connectivity index (χ3v) is 8.92. The van der Waals surface area contributed by atoms with E-state index in [1.807, 2.05) is 39.9 Å². The Morgan fingerprint density at radius 3 is 2.52 bits per heavy atom. The summed E-state index contributed by atoms with van der Waals surface area (Å²) in [6.45, 7) is 2.47. The van der Waals surface area contributed by atoms with Gasteiger partial charge in [0.25, 0.3) is 5.91 Å². The van der Waals surface area contributed by atoms with E-state index in [1.54, 1.807) is 62.0 Å². The molecule has 1 saturated carbocycles. The number of amides is 2. The molecule has 4 heterocycles. The molecule has 13 nitrogen and oxygen atoms in total. The molecule has 5 aromatic rings. The van der Waals surface area contributed by atoms with Gasteiger partial charge in [0.05, 0.1) is 13.7 Å². The lowest BCUT2D eigenvalue weighted by Crippen LogP contribution is -2.30. The number of ether oxygens (including phenoxy) is 2. The Bertz CT molecular complexity index is 1980. The summed E-state index contributed by atoms with van der Waals surface area (Å²) in [4.78, 5) is 42.5. The second-order valence-electron chi connectivity index (χ2n) is 12.5. The molecule has 2 N–H and O–H groups in total. The molecule has 2 amide bonds. The van der Waals surface area contributed by atoms with Gasteiger partial charge in [-0.1, -0.05) is 18.2 Å². The number of carbonyl (C=O) groups is 2. The van der Waals surface area contributed by atoms with Gasteiger partial charge in [-0.3, -0.25) is 14.5 Å². The van der Waals surface area contributed by atoms with Crippen molar-refractivity contribution in [2.75, 3.05) is 44.4 Å². The maximum absolute atomic E-state index is 13.0. The Kier molecular flexibility index (Phi) is 9.65. The van der Waals surface area contributed by atoms with Gasteiger partial charge >= 0.3 is 0 Å². The Morgan fingerprint density at radius 1 is 0.980 bits per heavy atom. The van der Waals surface area contributed by atoms with Gasteiger partial charge in [0.15, 0.2) is 11.5 Å². The second kappa shape index (κ2) is 14.7. The number of nitrogens with one attached hydrogen (secondary N) is 2. The average Bonchev–Trinajstić information content (AvgIpc) is 3.80. The number of methoxy groups -OCH3 is 1. The summed E-state index contributed by atoms with van der Waals surface area (Å²) in [5.41, 5.74) is 2.13. The molecule has 0 radical (unpaired) electrons. The summed E-state index contributed by atoms with van der Waals surface area (Å²) in [6, 6.07) is 18.8. The number of likely N-dealkylation sites (N-methyl/N-ethyl adjacent to an activating group) is 1. The predicted molar refractivity (Wildman–Crippen MR) is 190 cm³/mol. The van der Waals surface area contributed by atoms with Gasteiger partial charge in [-0.05, 0) is 74.3 Å². The van der Waals surface area contributed by atoms with Gasteiger partial charge in [-0.15, -0.1) is 0 Å². The monoisotopic (exact) mass is 673 g/mol. The highest BCUT2D eigenvalue weighted by Gasteiger charge is 2.28. The maximum atomic E-state index is 13.0. The maximum Gasteiger partial charge on any atom is 0.256 e. The van der Waals surface area contributed by atoms with E-state index in [0.717, 1.165) is 29.7 Å². The van der Waals surface area contributed by atoms with Crippen LogP contribution in [-0.4, -0.2) is 92.2 Å². The zero-order valence-corrected chi connectivity index (χ0v) is 28.0. The van der Waals surface area contributed by atoms with Gasteiger partial charge in [-0.25, -0.2) is 19.6 Å². The summed E-state index contributed by atoms with van der Waals surface area (Å²) in [5, 5.41) is 12.1. The Balaban J connectivity index is 1.10. The molecular weight excluding hydrogens is 634 g/mol. The van der Waals surface area contributed by atoms with Gasteiger partial charge in [0.2, 0.25) is 5.91 Å². The van der Waals surface area contributed by atoms with Crippen molar-refractivity contribution in [3.8, 4) is 17.2 Å². The summed E-state index contributed by atoms with van der Waals surface area (Å²) in [6.07, 6.45) is 11.5. The van der Waals surface area contributed by atoms with Crippen molar-refractivity contribution < 1.29 is 19.1 Å².